The third-order valence-corrected chi connectivity index (χ3v) is 8.94. The zero-order valence-corrected chi connectivity index (χ0v) is 28.8. The van der Waals surface area contributed by atoms with Gasteiger partial charge in [-0.25, -0.2) is 8.78 Å². The molecule has 0 bridgehead atoms. The first-order valence-electron chi connectivity index (χ1n) is 14.9. The van der Waals surface area contributed by atoms with Crippen molar-refractivity contribution in [1.82, 2.24) is 10.6 Å². The minimum Gasteiger partial charge on any atom is -0.383 e. The van der Waals surface area contributed by atoms with Gasteiger partial charge in [0.25, 0.3) is 11.8 Å². The monoisotopic (exact) mass is 762 g/mol. The third kappa shape index (κ3) is 9.94. The van der Waals surface area contributed by atoms with Gasteiger partial charge in [0.15, 0.2) is 0 Å². The number of fused-ring (bicyclic) bond motifs is 1. The van der Waals surface area contributed by atoms with Crippen molar-refractivity contribution in [3.63, 3.8) is 0 Å². The molecular weight excluding hydrogens is 731 g/mol. The van der Waals surface area contributed by atoms with E-state index in [2.05, 4.69) is 26.6 Å². The van der Waals surface area contributed by atoms with Gasteiger partial charge in [0.2, 0.25) is 0 Å². The lowest BCUT2D eigenvalue weighted by Crippen LogP contribution is -2.27. The minimum absolute atomic E-state index is 0.0282. The Bertz CT molecular complexity index is 1910. The second kappa shape index (κ2) is 17.5. The van der Waals surface area contributed by atoms with E-state index in [0.717, 1.165) is 27.1 Å². The number of carbonyl (C=O) groups excluding carboxylic acids is 2. The average molecular weight is 764 g/mol. The topological polar surface area (TPSA) is 76.7 Å². The standard InChI is InChI=1S/C26H21F4NO2S.C10H11BrFNO2/c1-33-12-11-31-25(32)22-10-4-8-20(23(22)27)21-9-3-6-17-15-19(34-24(17)21)14-16-5-2-7-18(13-16)26(28,29)30;1-15-6-5-13-10(14)7-3-2-4-8(11)9(7)12/h2-10,13,15H,11-12,14H2,1H3,(H,31,32);2-4H,5-6H2,1H3,(H,13,14). The lowest BCUT2D eigenvalue weighted by molar-refractivity contribution is -0.137. The van der Waals surface area contributed by atoms with E-state index in [1.54, 1.807) is 42.5 Å². The van der Waals surface area contributed by atoms with E-state index in [0.29, 0.717) is 37.3 Å². The van der Waals surface area contributed by atoms with Crippen LogP contribution < -0.4 is 10.6 Å². The second-order valence-electron chi connectivity index (χ2n) is 10.6. The zero-order valence-electron chi connectivity index (χ0n) is 26.4. The van der Waals surface area contributed by atoms with Gasteiger partial charge in [-0.05, 0) is 57.2 Å². The molecule has 0 saturated carbocycles. The first-order valence-corrected chi connectivity index (χ1v) is 16.5. The Hall–Kier alpha value is -4.17. The fourth-order valence-corrected chi connectivity index (χ4v) is 6.38. The Morgan fingerprint density at radius 3 is 1.96 bits per heavy atom. The van der Waals surface area contributed by atoms with Gasteiger partial charge in [0, 0.05) is 54.4 Å². The highest BCUT2D eigenvalue weighted by Gasteiger charge is 2.30. The Balaban J connectivity index is 0.000000302. The molecule has 5 rings (SSSR count). The van der Waals surface area contributed by atoms with Crippen LogP contribution >= 0.6 is 27.3 Å². The van der Waals surface area contributed by atoms with Crippen LogP contribution in [0.2, 0.25) is 0 Å². The van der Waals surface area contributed by atoms with E-state index in [4.69, 9.17) is 9.47 Å². The number of nitrogens with one attached hydrogen (secondary N) is 2. The lowest BCUT2D eigenvalue weighted by atomic mass is 10.00. The molecule has 0 radical (unpaired) electrons. The summed E-state index contributed by atoms with van der Waals surface area (Å²) in [6.07, 6.45) is -4.07. The molecule has 258 valence electrons. The maximum Gasteiger partial charge on any atom is 0.416 e. The molecule has 2 N–H and O–H groups in total. The first kappa shape index (κ1) is 37.6. The third-order valence-electron chi connectivity index (χ3n) is 7.14. The number of alkyl halides is 3. The van der Waals surface area contributed by atoms with Crippen LogP contribution in [-0.2, 0) is 22.1 Å². The molecule has 0 spiro atoms. The summed E-state index contributed by atoms with van der Waals surface area (Å²) in [6.45, 7) is 1.34. The maximum atomic E-state index is 15.4. The largest absolute Gasteiger partial charge is 0.416 e. The predicted octanol–water partition coefficient (Wildman–Crippen LogP) is 8.66. The van der Waals surface area contributed by atoms with Gasteiger partial charge in [-0.1, -0.05) is 54.6 Å². The smallest absolute Gasteiger partial charge is 0.383 e. The van der Waals surface area contributed by atoms with Crippen molar-refractivity contribution in [3.8, 4) is 11.1 Å². The van der Waals surface area contributed by atoms with Crippen molar-refractivity contribution >= 4 is 49.2 Å². The summed E-state index contributed by atoms with van der Waals surface area (Å²) in [5.41, 5.74) is 0.740. The van der Waals surface area contributed by atoms with Gasteiger partial charge in [0.05, 0.1) is 34.4 Å². The van der Waals surface area contributed by atoms with Crippen molar-refractivity contribution in [2.24, 2.45) is 0 Å². The quantitative estimate of drug-likeness (QED) is 0.104. The van der Waals surface area contributed by atoms with E-state index >= 15 is 4.39 Å². The van der Waals surface area contributed by atoms with Crippen LogP contribution in [0.15, 0.2) is 89.4 Å². The summed E-state index contributed by atoms with van der Waals surface area (Å²) >= 11 is 4.42. The van der Waals surface area contributed by atoms with Crippen molar-refractivity contribution in [1.29, 1.82) is 0 Å². The van der Waals surface area contributed by atoms with Crippen molar-refractivity contribution in [3.05, 3.63) is 128 Å². The molecule has 5 aromatic rings. The summed E-state index contributed by atoms with van der Waals surface area (Å²) in [6, 6.07) is 21.9. The van der Waals surface area contributed by atoms with E-state index in [-0.39, 0.29) is 27.7 Å². The molecule has 0 aliphatic rings. The molecule has 0 aliphatic heterocycles. The molecule has 0 unspecified atom stereocenters. The fraction of sp³-hybridized carbons (Fsp3) is 0.222. The Labute approximate surface area is 292 Å². The van der Waals surface area contributed by atoms with Crippen LogP contribution in [0.3, 0.4) is 0 Å². The summed E-state index contributed by atoms with van der Waals surface area (Å²) in [7, 11) is 3.04. The highest BCUT2D eigenvalue weighted by molar-refractivity contribution is 9.10. The Kier molecular flexibility index (Phi) is 13.4. The molecule has 49 heavy (non-hydrogen) atoms. The van der Waals surface area contributed by atoms with Crippen molar-refractivity contribution in [2.75, 3.05) is 40.5 Å². The highest BCUT2D eigenvalue weighted by Crippen LogP contribution is 2.38. The van der Waals surface area contributed by atoms with Crippen LogP contribution in [-0.4, -0.2) is 52.3 Å². The summed E-state index contributed by atoms with van der Waals surface area (Å²) in [4.78, 5) is 24.7. The molecule has 0 aliphatic carbocycles. The number of hydrogen-bond acceptors (Lipinski definition) is 5. The lowest BCUT2D eigenvalue weighted by Gasteiger charge is -2.10. The maximum absolute atomic E-state index is 15.4. The zero-order chi connectivity index (χ0) is 35.6. The van der Waals surface area contributed by atoms with Gasteiger partial charge in [-0.3, -0.25) is 9.59 Å². The summed E-state index contributed by atoms with van der Waals surface area (Å²) in [5.74, 6) is -2.14. The first-order chi connectivity index (χ1) is 23.4. The van der Waals surface area contributed by atoms with E-state index in [1.165, 1.54) is 43.8 Å². The number of methoxy groups -OCH3 is 2. The van der Waals surface area contributed by atoms with Crippen LogP contribution in [0.25, 0.3) is 21.2 Å². The summed E-state index contributed by atoms with van der Waals surface area (Å²) in [5, 5.41) is 6.02. The normalized spacial score (nSPS) is 11.2. The fourth-order valence-electron chi connectivity index (χ4n) is 4.79. The number of benzene rings is 4. The molecule has 0 fully saturated rings. The number of halogens is 6. The van der Waals surface area contributed by atoms with Gasteiger partial charge in [0.1, 0.15) is 11.6 Å². The summed E-state index contributed by atoms with van der Waals surface area (Å²) < 4.78 is 78.7. The minimum atomic E-state index is -4.40. The van der Waals surface area contributed by atoms with Crippen LogP contribution in [0.5, 0.6) is 0 Å². The van der Waals surface area contributed by atoms with E-state index in [9.17, 15) is 27.2 Å². The highest BCUT2D eigenvalue weighted by atomic mass is 79.9. The van der Waals surface area contributed by atoms with Crippen LogP contribution in [0, 0.1) is 11.6 Å². The van der Waals surface area contributed by atoms with Crippen LogP contribution in [0.4, 0.5) is 22.0 Å². The molecule has 4 aromatic carbocycles. The second-order valence-corrected chi connectivity index (χ2v) is 12.6. The van der Waals surface area contributed by atoms with Gasteiger partial charge < -0.3 is 20.1 Å². The SMILES string of the molecule is COCCNC(=O)c1cccc(-c2cccc3cc(Cc4cccc(C(F)(F)F)c4)sc23)c1F.COCCNC(=O)c1cccc(Br)c1F. The molecule has 1 heterocycles. The molecule has 13 heteroatoms. The van der Waals surface area contributed by atoms with E-state index < -0.39 is 35.2 Å². The number of amides is 2. The molecule has 0 saturated heterocycles. The Morgan fingerprint density at radius 2 is 1.33 bits per heavy atom. The van der Waals surface area contributed by atoms with E-state index in [1.807, 2.05) is 12.1 Å². The molecule has 1 aromatic heterocycles. The van der Waals surface area contributed by atoms with Crippen molar-refractivity contribution in [2.45, 2.75) is 12.6 Å². The Morgan fingerprint density at radius 1 is 0.755 bits per heavy atom. The average Bonchev–Trinajstić information content (AvgIpc) is 3.49. The van der Waals surface area contributed by atoms with Gasteiger partial charge in [-0.15, -0.1) is 11.3 Å². The number of rotatable bonds is 11. The molecule has 2 amide bonds. The van der Waals surface area contributed by atoms with Crippen LogP contribution in [0.1, 0.15) is 36.7 Å². The van der Waals surface area contributed by atoms with Crippen molar-refractivity contribution < 1.29 is 41.0 Å². The molecular formula is C36H32BrF5N2O4S. The number of thiophene rings is 1. The van der Waals surface area contributed by atoms with Gasteiger partial charge >= 0.3 is 6.18 Å². The number of hydrogen-bond donors (Lipinski definition) is 2. The number of ether oxygens (including phenoxy) is 2. The molecule has 0 atom stereocenters. The molecule has 6 nitrogen and oxygen atoms in total. The number of carbonyl (C=O) groups is 2. The van der Waals surface area contributed by atoms with Gasteiger partial charge in [-0.2, -0.15) is 13.2 Å². The predicted molar refractivity (Wildman–Crippen MR) is 184 cm³/mol.